The summed E-state index contributed by atoms with van der Waals surface area (Å²) >= 11 is 0. The Kier molecular flexibility index (Phi) is 17.5. The minimum Gasteiger partial charge on any atom is -0.252 e. The van der Waals surface area contributed by atoms with E-state index in [0.29, 0.717) is 0 Å². The van der Waals surface area contributed by atoms with Crippen LogP contribution in [0, 0.1) is 0 Å². The van der Waals surface area contributed by atoms with Crippen LogP contribution in [-0.2, 0) is 25.7 Å². The topological polar surface area (TPSA) is 24.7 Å². The second-order valence-corrected chi connectivity index (χ2v) is 11.6. The van der Waals surface area contributed by atoms with Gasteiger partial charge in [0.2, 0.25) is 0 Å². The van der Waals surface area contributed by atoms with Crippen LogP contribution in [0.2, 0.25) is 0 Å². The number of aliphatic imine (C=N–C) groups is 2. The van der Waals surface area contributed by atoms with Crippen LogP contribution < -0.4 is 0 Å². The van der Waals surface area contributed by atoms with Crippen molar-refractivity contribution in [2.45, 2.75) is 157 Å². The molecule has 222 valence electrons. The van der Waals surface area contributed by atoms with Gasteiger partial charge in [0.1, 0.15) is 0 Å². The van der Waals surface area contributed by atoms with Gasteiger partial charge in [0.25, 0.3) is 0 Å². The molecule has 0 unspecified atom stereocenters. The molecule has 0 saturated heterocycles. The van der Waals surface area contributed by atoms with E-state index in [0.717, 1.165) is 49.9 Å². The van der Waals surface area contributed by atoms with Crippen molar-refractivity contribution in [3.63, 3.8) is 0 Å². The van der Waals surface area contributed by atoms with Crippen molar-refractivity contribution in [1.82, 2.24) is 0 Å². The van der Waals surface area contributed by atoms with Gasteiger partial charge in [-0.2, -0.15) is 0 Å². The highest BCUT2D eigenvalue weighted by Crippen LogP contribution is 2.26. The number of hydrogen-bond donors (Lipinski definition) is 0. The number of nitrogens with zero attached hydrogens (tertiary/aromatic N) is 2. The van der Waals surface area contributed by atoms with E-state index in [1.807, 2.05) is 0 Å². The van der Waals surface area contributed by atoms with Gasteiger partial charge in [0.05, 0.1) is 22.8 Å². The van der Waals surface area contributed by atoms with E-state index in [9.17, 15) is 0 Å². The zero-order chi connectivity index (χ0) is 29.0. The summed E-state index contributed by atoms with van der Waals surface area (Å²) in [6.07, 6.45) is 21.3. The first kappa shape index (κ1) is 34.0. The maximum atomic E-state index is 5.35. The number of unbranched alkanes of at least 4 members (excludes halogenated alkanes) is 6. The van der Waals surface area contributed by atoms with Crippen molar-refractivity contribution in [1.29, 1.82) is 0 Å². The third-order valence-electron chi connectivity index (χ3n) is 7.97. The molecule has 0 atom stereocenters. The molecule has 0 fully saturated rings. The molecule has 0 saturated carbocycles. The second-order valence-electron chi connectivity index (χ2n) is 11.6. The summed E-state index contributed by atoms with van der Waals surface area (Å²) in [6.45, 7) is 13.7. The van der Waals surface area contributed by atoms with Crippen molar-refractivity contribution in [3.05, 3.63) is 58.7 Å². The van der Waals surface area contributed by atoms with E-state index in [4.69, 9.17) is 9.98 Å². The third-order valence-corrected chi connectivity index (χ3v) is 7.97. The standard InChI is InChI=1S/C38H60N2/c1-7-13-19-31-25-27-35(29-33(31)21-15-9-3)39-37(23-17-11-5)38(24-18-12-6)40-36-28-26-32(20-14-8-2)34(30-36)22-16-10-4/h25-30H,7-24H2,1-6H3. The molecule has 0 spiro atoms. The highest BCUT2D eigenvalue weighted by atomic mass is 14.8. The molecule has 2 rings (SSSR count). The van der Waals surface area contributed by atoms with Crippen molar-refractivity contribution >= 4 is 22.8 Å². The van der Waals surface area contributed by atoms with Gasteiger partial charge in [0.15, 0.2) is 0 Å². The lowest BCUT2D eigenvalue weighted by Crippen LogP contribution is -2.14. The molecule has 2 heteroatoms. The lowest BCUT2D eigenvalue weighted by Gasteiger charge is -2.14. The Morgan fingerprint density at radius 2 is 0.750 bits per heavy atom. The van der Waals surface area contributed by atoms with Gasteiger partial charge in [-0.3, -0.25) is 9.98 Å². The predicted octanol–water partition coefficient (Wildman–Crippen LogP) is 12.3. The van der Waals surface area contributed by atoms with E-state index in [-0.39, 0.29) is 0 Å². The minimum atomic E-state index is 0.998. The monoisotopic (exact) mass is 544 g/mol. The molecular weight excluding hydrogens is 484 g/mol. The first-order chi connectivity index (χ1) is 19.6. The summed E-state index contributed by atoms with van der Waals surface area (Å²) in [4.78, 5) is 10.7. The molecule has 0 aliphatic rings. The van der Waals surface area contributed by atoms with Crippen LogP contribution in [0.1, 0.15) is 154 Å². The Morgan fingerprint density at radius 3 is 1.07 bits per heavy atom. The molecular formula is C38H60N2. The van der Waals surface area contributed by atoms with Gasteiger partial charge in [-0.15, -0.1) is 0 Å². The smallest absolute Gasteiger partial charge is 0.0636 e. The highest BCUT2D eigenvalue weighted by Gasteiger charge is 2.13. The number of aryl methyl sites for hydroxylation is 4. The maximum absolute atomic E-state index is 5.35. The molecule has 0 N–H and O–H groups in total. The zero-order valence-corrected chi connectivity index (χ0v) is 27.1. The van der Waals surface area contributed by atoms with Crippen LogP contribution in [0.3, 0.4) is 0 Å². The fraction of sp³-hybridized carbons (Fsp3) is 0.632. The maximum Gasteiger partial charge on any atom is 0.0636 e. The Balaban J connectivity index is 2.53. The molecule has 40 heavy (non-hydrogen) atoms. The summed E-state index contributed by atoms with van der Waals surface area (Å²) in [5.74, 6) is 0. The van der Waals surface area contributed by atoms with Gasteiger partial charge in [0, 0.05) is 0 Å². The average molecular weight is 545 g/mol. The molecule has 0 heterocycles. The molecule has 0 amide bonds. The Morgan fingerprint density at radius 1 is 0.425 bits per heavy atom. The number of benzene rings is 2. The molecule has 2 aromatic rings. The summed E-state index contributed by atoms with van der Waals surface area (Å²) in [5, 5.41) is 0. The summed E-state index contributed by atoms with van der Waals surface area (Å²) < 4.78 is 0. The van der Waals surface area contributed by atoms with Crippen LogP contribution in [0.4, 0.5) is 11.4 Å². The highest BCUT2D eigenvalue weighted by molar-refractivity contribution is 6.43. The van der Waals surface area contributed by atoms with Crippen molar-refractivity contribution in [2.75, 3.05) is 0 Å². The van der Waals surface area contributed by atoms with Crippen LogP contribution in [-0.4, -0.2) is 11.4 Å². The lowest BCUT2D eigenvalue weighted by atomic mass is 9.96. The summed E-state index contributed by atoms with van der Waals surface area (Å²) in [7, 11) is 0. The van der Waals surface area contributed by atoms with E-state index in [2.05, 4.69) is 77.9 Å². The average Bonchev–Trinajstić information content (AvgIpc) is 2.98. The Bertz CT molecular complexity index is 946. The fourth-order valence-electron chi connectivity index (χ4n) is 5.32. The van der Waals surface area contributed by atoms with Crippen LogP contribution in [0.15, 0.2) is 46.4 Å². The summed E-state index contributed by atoms with van der Waals surface area (Å²) in [5.41, 5.74) is 10.7. The van der Waals surface area contributed by atoms with E-state index >= 15 is 0 Å². The van der Waals surface area contributed by atoms with E-state index < -0.39 is 0 Å². The number of rotatable bonds is 21. The molecule has 2 nitrogen and oxygen atoms in total. The summed E-state index contributed by atoms with van der Waals surface area (Å²) in [6, 6.07) is 14.0. The van der Waals surface area contributed by atoms with Crippen molar-refractivity contribution in [3.8, 4) is 0 Å². The fourth-order valence-corrected chi connectivity index (χ4v) is 5.32. The second kappa shape index (κ2) is 20.6. The predicted molar refractivity (Wildman–Crippen MR) is 181 cm³/mol. The van der Waals surface area contributed by atoms with Gasteiger partial charge in [-0.1, -0.05) is 92.2 Å². The van der Waals surface area contributed by atoms with E-state index in [1.54, 1.807) is 0 Å². The first-order valence-electron chi connectivity index (χ1n) is 17.0. The minimum absolute atomic E-state index is 0.998. The van der Waals surface area contributed by atoms with Crippen LogP contribution in [0.25, 0.3) is 0 Å². The molecule has 0 radical (unpaired) electrons. The van der Waals surface area contributed by atoms with Gasteiger partial charge in [-0.25, -0.2) is 0 Å². The van der Waals surface area contributed by atoms with Crippen LogP contribution in [0.5, 0.6) is 0 Å². The zero-order valence-electron chi connectivity index (χ0n) is 27.1. The van der Waals surface area contributed by atoms with Crippen molar-refractivity contribution in [2.24, 2.45) is 9.98 Å². The molecule has 0 aliphatic carbocycles. The van der Waals surface area contributed by atoms with Gasteiger partial charge in [-0.05, 0) is 124 Å². The SMILES string of the molecule is CCCCC(=Nc1ccc(CCCC)c(CCCC)c1)C(CCCC)=Nc1ccc(CCCC)c(CCCC)c1. The molecule has 0 aromatic heterocycles. The lowest BCUT2D eigenvalue weighted by molar-refractivity contribution is 0.758. The first-order valence-corrected chi connectivity index (χ1v) is 17.0. The molecule has 2 aromatic carbocycles. The van der Waals surface area contributed by atoms with Crippen molar-refractivity contribution < 1.29 is 0 Å². The third kappa shape index (κ3) is 12.1. The van der Waals surface area contributed by atoms with Gasteiger partial charge < -0.3 is 0 Å². The van der Waals surface area contributed by atoms with E-state index in [1.165, 1.54) is 111 Å². The quantitative estimate of drug-likeness (QED) is 0.140. The Hall–Kier alpha value is -2.22. The van der Waals surface area contributed by atoms with Crippen LogP contribution >= 0.6 is 0 Å². The normalized spacial score (nSPS) is 12.3. The largest absolute Gasteiger partial charge is 0.252 e. The van der Waals surface area contributed by atoms with Gasteiger partial charge >= 0.3 is 0 Å². The molecule has 0 bridgehead atoms. The molecule has 0 aliphatic heterocycles. The Labute approximate surface area is 248 Å². The number of hydrogen-bond acceptors (Lipinski definition) is 2.